The number of rotatable bonds is 7. The largest absolute Gasteiger partial charge is 0.268 e. The first-order chi connectivity index (χ1) is 32.7. The topological polar surface area (TPSA) is 74.8 Å². The van der Waals surface area contributed by atoms with Crippen LogP contribution in [0, 0.1) is 0 Å². The van der Waals surface area contributed by atoms with Crippen molar-refractivity contribution in [3.63, 3.8) is 0 Å². The third-order valence-electron chi connectivity index (χ3n) is 14.9. The summed E-state index contributed by atoms with van der Waals surface area (Å²) in [7, 11) is 0. The molecule has 2 aliphatic rings. The first kappa shape index (κ1) is 41.7. The fourth-order valence-electron chi connectivity index (χ4n) is 11.6. The van der Waals surface area contributed by atoms with Gasteiger partial charge in [0, 0.05) is 33.0 Å². The molecule has 0 saturated heterocycles. The van der Waals surface area contributed by atoms with E-state index in [4.69, 9.17) is 0 Å². The molecule has 4 amide bonds. The molecule has 10 aromatic rings. The van der Waals surface area contributed by atoms with Crippen LogP contribution in [-0.4, -0.2) is 23.6 Å². The summed E-state index contributed by atoms with van der Waals surface area (Å²) in [5, 5.41) is 10.7. The number of hydrogen-bond donors (Lipinski definition) is 0. The lowest BCUT2D eigenvalue weighted by Crippen LogP contribution is -2.42. The average molecular weight is 887 g/mol. The molecule has 0 bridgehead atoms. The highest BCUT2D eigenvalue weighted by Gasteiger charge is 2.41. The van der Waals surface area contributed by atoms with E-state index < -0.39 is 0 Å². The summed E-state index contributed by atoms with van der Waals surface area (Å²) in [6.45, 7) is 16.8. The molecule has 0 N–H and O–H groups in total. The second-order valence-electron chi connectivity index (χ2n) is 20.2. The fourth-order valence-corrected chi connectivity index (χ4v) is 11.6. The van der Waals surface area contributed by atoms with E-state index in [-0.39, 0.29) is 47.3 Å². The molecule has 0 unspecified atom stereocenters. The van der Waals surface area contributed by atoms with E-state index in [1.165, 1.54) is 9.80 Å². The zero-order valence-electron chi connectivity index (χ0n) is 39.5. The number of carbonyl (C=O) groups is 4. The van der Waals surface area contributed by atoms with Crippen LogP contribution in [-0.2, 0) is 0 Å². The molecule has 0 spiro atoms. The Morgan fingerprint density at radius 1 is 0.309 bits per heavy atom. The lowest BCUT2D eigenvalue weighted by atomic mass is 9.79. The van der Waals surface area contributed by atoms with Crippen molar-refractivity contribution in [2.24, 2.45) is 0 Å². The molecule has 2 aliphatic heterocycles. The lowest BCUT2D eigenvalue weighted by Gasteiger charge is -2.34. The van der Waals surface area contributed by atoms with E-state index in [2.05, 4.69) is 104 Å². The minimum atomic E-state index is -0.357. The van der Waals surface area contributed by atoms with Crippen molar-refractivity contribution in [3.05, 3.63) is 178 Å². The Kier molecular flexibility index (Phi) is 9.14. The molecule has 10 aromatic carbocycles. The van der Waals surface area contributed by atoms with Crippen LogP contribution in [0.15, 0.2) is 133 Å². The second-order valence-corrected chi connectivity index (χ2v) is 20.2. The summed E-state index contributed by atoms with van der Waals surface area (Å²) < 4.78 is 0. The average Bonchev–Trinajstić information content (AvgIpc) is 3.33. The molecule has 68 heavy (non-hydrogen) atoms. The van der Waals surface area contributed by atoms with Gasteiger partial charge in [0.15, 0.2) is 0 Å². The summed E-state index contributed by atoms with van der Waals surface area (Å²) in [4.78, 5) is 64.0. The number of benzene rings is 10. The fraction of sp³-hybridized carbons (Fsp3) is 0.194. The van der Waals surface area contributed by atoms with Crippen molar-refractivity contribution in [2.45, 2.75) is 79.1 Å². The Balaban J connectivity index is 1.18. The molecular formula is C62H50N2O4. The minimum absolute atomic E-state index is 0.0527. The Labute approximate surface area is 395 Å². The number of fused-ring (bicyclic) bond motifs is 4. The molecule has 0 aliphatic carbocycles. The molecule has 12 rings (SSSR count). The number of anilines is 2. The van der Waals surface area contributed by atoms with E-state index in [9.17, 15) is 0 Å². The van der Waals surface area contributed by atoms with E-state index >= 15 is 19.2 Å². The van der Waals surface area contributed by atoms with Gasteiger partial charge in [-0.15, -0.1) is 0 Å². The molecule has 0 atom stereocenters. The number of hydrogen-bond acceptors (Lipinski definition) is 4. The Morgan fingerprint density at radius 2 is 0.721 bits per heavy atom. The van der Waals surface area contributed by atoms with E-state index in [0.29, 0.717) is 44.4 Å². The van der Waals surface area contributed by atoms with Crippen LogP contribution in [0.2, 0.25) is 0 Å². The standard InChI is InChI=1S/C62H50N2O4/c1-31(2)40-15-11-16-41(32(3)4)57(40)63-59(65)47-24-21-44-45-22-25-49-55-51(62(68)64(61(49)67)58-42(33(5)6)17-12-18-43(58)34(7)8)30-50(53(56(45)55)46-23-26-48(60(63)66)54(47)52(44)46)38-20-19-37-27-35-13-9-10-14-36(35)28-39(37)29-38/h9-34H,1-8H3. The van der Waals surface area contributed by atoms with Gasteiger partial charge in [0.25, 0.3) is 23.6 Å². The van der Waals surface area contributed by atoms with Gasteiger partial charge in [-0.3, -0.25) is 19.2 Å². The van der Waals surface area contributed by atoms with Crippen molar-refractivity contribution in [1.29, 1.82) is 0 Å². The highest BCUT2D eigenvalue weighted by Crippen LogP contribution is 2.52. The van der Waals surface area contributed by atoms with Crippen molar-refractivity contribution in [1.82, 2.24) is 0 Å². The van der Waals surface area contributed by atoms with Gasteiger partial charge in [-0.05, 0) is 153 Å². The van der Waals surface area contributed by atoms with E-state index in [1.807, 2.05) is 84.9 Å². The number of nitrogens with zero attached hydrogens (tertiary/aromatic N) is 2. The summed E-state index contributed by atoms with van der Waals surface area (Å²) >= 11 is 0. The zero-order chi connectivity index (χ0) is 47.2. The Bertz CT molecular complexity index is 3840. The van der Waals surface area contributed by atoms with Crippen LogP contribution in [0.3, 0.4) is 0 Å². The molecule has 0 saturated carbocycles. The smallest absolute Gasteiger partial charge is 0.266 e. The Morgan fingerprint density at radius 3 is 1.21 bits per heavy atom. The van der Waals surface area contributed by atoms with E-state index in [1.54, 1.807) is 0 Å². The molecule has 0 radical (unpaired) electrons. The number of amides is 4. The highest BCUT2D eigenvalue weighted by molar-refractivity contribution is 6.46. The van der Waals surface area contributed by atoms with Gasteiger partial charge in [0.1, 0.15) is 0 Å². The predicted octanol–water partition coefficient (Wildman–Crippen LogP) is 15.8. The zero-order valence-corrected chi connectivity index (χ0v) is 39.5. The maximum Gasteiger partial charge on any atom is 0.266 e. The molecule has 2 heterocycles. The Hall–Kier alpha value is -7.70. The van der Waals surface area contributed by atoms with Gasteiger partial charge in [-0.1, -0.05) is 146 Å². The van der Waals surface area contributed by atoms with Crippen LogP contribution in [0.1, 0.15) is 143 Å². The van der Waals surface area contributed by atoms with Gasteiger partial charge in [0.2, 0.25) is 0 Å². The van der Waals surface area contributed by atoms with Crippen molar-refractivity contribution in [3.8, 4) is 11.1 Å². The maximum absolute atomic E-state index is 15.6. The van der Waals surface area contributed by atoms with E-state index in [0.717, 1.165) is 87.2 Å². The van der Waals surface area contributed by atoms with Crippen LogP contribution >= 0.6 is 0 Å². The molecule has 6 heteroatoms. The first-order valence-electron chi connectivity index (χ1n) is 23.9. The third kappa shape index (κ3) is 5.70. The van der Waals surface area contributed by atoms with Crippen molar-refractivity contribution < 1.29 is 19.2 Å². The second kappa shape index (κ2) is 14.9. The first-order valence-corrected chi connectivity index (χ1v) is 23.9. The van der Waals surface area contributed by atoms with Crippen LogP contribution < -0.4 is 9.80 Å². The van der Waals surface area contributed by atoms with Gasteiger partial charge < -0.3 is 0 Å². The summed E-state index contributed by atoms with van der Waals surface area (Å²) in [5.74, 6) is -1.16. The van der Waals surface area contributed by atoms with Crippen LogP contribution in [0.5, 0.6) is 0 Å². The SMILES string of the molecule is CC(C)c1cccc(C(C)C)c1N1C(=O)c2ccc3c4ccc5c6c(cc(-c7ccc8cc9ccccc9cc8c7)c(c7ccc(c2c37)C1=O)c64)C(=O)N(c1c(C(C)C)cccc1C(C)C)C5=O. The summed E-state index contributed by atoms with van der Waals surface area (Å²) in [6, 6.07) is 45.0. The van der Waals surface area contributed by atoms with Gasteiger partial charge >= 0.3 is 0 Å². The van der Waals surface area contributed by atoms with Crippen LogP contribution in [0.25, 0.3) is 75.8 Å². The lowest BCUT2D eigenvalue weighted by molar-refractivity contribution is 0.0877. The number of carbonyl (C=O) groups excluding carboxylic acids is 4. The minimum Gasteiger partial charge on any atom is -0.268 e. The van der Waals surface area contributed by atoms with Gasteiger partial charge in [-0.2, -0.15) is 0 Å². The quantitative estimate of drug-likeness (QED) is 0.0908. The molecule has 0 aromatic heterocycles. The monoisotopic (exact) mass is 886 g/mol. The normalized spacial score (nSPS) is 14.2. The third-order valence-corrected chi connectivity index (χ3v) is 14.9. The maximum atomic E-state index is 15.6. The number of imide groups is 2. The van der Waals surface area contributed by atoms with Crippen LogP contribution in [0.4, 0.5) is 11.4 Å². The van der Waals surface area contributed by atoms with Gasteiger partial charge in [-0.25, -0.2) is 9.80 Å². The van der Waals surface area contributed by atoms with Gasteiger partial charge in [0.05, 0.1) is 11.4 Å². The van der Waals surface area contributed by atoms with Crippen molar-refractivity contribution >= 4 is 99.6 Å². The summed E-state index contributed by atoms with van der Waals surface area (Å²) in [5.41, 5.74) is 8.71. The molecule has 0 fully saturated rings. The molecule has 332 valence electrons. The molecule has 6 nitrogen and oxygen atoms in total. The number of para-hydroxylation sites is 2. The molecular weight excluding hydrogens is 837 g/mol. The summed E-state index contributed by atoms with van der Waals surface area (Å²) in [6.07, 6.45) is 0. The van der Waals surface area contributed by atoms with Crippen molar-refractivity contribution in [2.75, 3.05) is 9.80 Å². The highest BCUT2D eigenvalue weighted by atomic mass is 16.2. The predicted molar refractivity (Wildman–Crippen MR) is 280 cm³/mol.